The van der Waals surface area contributed by atoms with Crippen LogP contribution in [0.2, 0.25) is 0 Å². The zero-order valence-electron chi connectivity index (χ0n) is 35.9. The summed E-state index contributed by atoms with van der Waals surface area (Å²) < 4.78 is 0. The molecular formula is C53H87NS. The van der Waals surface area contributed by atoms with Crippen molar-refractivity contribution in [2.24, 2.45) is 82.9 Å². The third-order valence-corrected chi connectivity index (χ3v) is 23.6. The lowest BCUT2D eigenvalue weighted by molar-refractivity contribution is -0.0730. The topological polar surface area (TPSA) is 3.24 Å². The molecule has 10 saturated carbocycles. The van der Waals surface area contributed by atoms with Gasteiger partial charge in [-0.2, -0.15) is 11.8 Å². The van der Waals surface area contributed by atoms with Gasteiger partial charge in [-0.05, 0) is 186 Å². The quantitative estimate of drug-likeness (QED) is 0.265. The Morgan fingerprint density at radius 1 is 0.273 bits per heavy atom. The van der Waals surface area contributed by atoms with Crippen LogP contribution in [0.3, 0.4) is 0 Å². The molecule has 1 saturated heterocycles. The Morgan fingerprint density at radius 3 is 1.64 bits per heavy atom. The van der Waals surface area contributed by atoms with Crippen LogP contribution in [0.25, 0.3) is 0 Å². The van der Waals surface area contributed by atoms with E-state index in [-0.39, 0.29) is 0 Å². The Bertz CT molecular complexity index is 1240. The summed E-state index contributed by atoms with van der Waals surface area (Å²) in [6, 6.07) is 2.79. The van der Waals surface area contributed by atoms with Crippen molar-refractivity contribution in [1.82, 2.24) is 4.90 Å². The van der Waals surface area contributed by atoms with Gasteiger partial charge in [0, 0.05) is 28.6 Å². The van der Waals surface area contributed by atoms with E-state index in [4.69, 9.17) is 0 Å². The summed E-state index contributed by atoms with van der Waals surface area (Å²) in [4.78, 5) is 3.51. The molecule has 1 nitrogen and oxygen atoms in total. The molecule has 0 aromatic rings. The first-order valence-electron chi connectivity index (χ1n) is 26.7. The molecule has 55 heavy (non-hydrogen) atoms. The summed E-state index contributed by atoms with van der Waals surface area (Å²) in [7, 11) is 0. The van der Waals surface area contributed by atoms with Crippen molar-refractivity contribution in [1.29, 1.82) is 0 Å². The molecule has 310 valence electrons. The van der Waals surface area contributed by atoms with Gasteiger partial charge in [0.05, 0.1) is 0 Å². The number of thioether (sulfide) groups is 1. The van der Waals surface area contributed by atoms with Crippen molar-refractivity contribution in [3.63, 3.8) is 0 Å². The van der Waals surface area contributed by atoms with E-state index in [9.17, 15) is 0 Å². The van der Waals surface area contributed by atoms with Crippen LogP contribution in [0.5, 0.6) is 0 Å². The first kappa shape index (κ1) is 38.2. The second kappa shape index (κ2) is 17.0. The first-order chi connectivity index (χ1) is 27.3. The van der Waals surface area contributed by atoms with E-state index >= 15 is 0 Å². The number of rotatable bonds is 6. The molecule has 2 heteroatoms. The lowest BCUT2D eigenvalue weighted by Gasteiger charge is -2.57. The zero-order chi connectivity index (χ0) is 36.3. The van der Waals surface area contributed by atoms with Crippen molar-refractivity contribution >= 4 is 11.8 Å². The molecule has 1 heterocycles. The van der Waals surface area contributed by atoms with Crippen LogP contribution in [0.4, 0.5) is 0 Å². The minimum Gasteiger partial charge on any atom is -0.294 e. The number of hydrogen-bond acceptors (Lipinski definition) is 2. The average Bonchev–Trinajstić information content (AvgIpc) is 3.83. The van der Waals surface area contributed by atoms with Crippen LogP contribution in [-0.4, -0.2) is 33.5 Å². The van der Waals surface area contributed by atoms with Gasteiger partial charge in [0.15, 0.2) is 0 Å². The van der Waals surface area contributed by atoms with Crippen LogP contribution in [0, 0.1) is 82.9 Å². The minimum atomic E-state index is 0.921. The highest BCUT2D eigenvalue weighted by Gasteiger charge is 2.59. The van der Waals surface area contributed by atoms with Crippen molar-refractivity contribution in [2.75, 3.05) is 0 Å². The van der Waals surface area contributed by atoms with Gasteiger partial charge in [-0.25, -0.2) is 0 Å². The molecule has 1 aliphatic heterocycles. The summed E-state index contributed by atoms with van der Waals surface area (Å²) in [5.74, 6) is 15.3. The molecule has 0 N–H and O–H groups in total. The Balaban J connectivity index is 0.836. The molecular weight excluding hydrogens is 683 g/mol. The van der Waals surface area contributed by atoms with E-state index in [2.05, 4.69) is 16.7 Å². The fraction of sp³-hybridized carbons (Fsp3) is 1.00. The molecule has 0 amide bonds. The zero-order valence-corrected chi connectivity index (χ0v) is 36.7. The van der Waals surface area contributed by atoms with E-state index in [1.54, 1.807) is 205 Å². The molecule has 0 aromatic carbocycles. The fourth-order valence-corrected chi connectivity index (χ4v) is 22.1. The van der Waals surface area contributed by atoms with E-state index in [0.717, 1.165) is 111 Å². The van der Waals surface area contributed by atoms with Crippen LogP contribution in [0.15, 0.2) is 0 Å². The maximum Gasteiger partial charge on any atom is 0.0132 e. The summed E-state index contributed by atoms with van der Waals surface area (Å²) in [5.41, 5.74) is 0. The maximum atomic E-state index is 3.51. The molecule has 0 spiro atoms. The predicted molar refractivity (Wildman–Crippen MR) is 234 cm³/mol. The van der Waals surface area contributed by atoms with Crippen molar-refractivity contribution in [2.45, 2.75) is 247 Å². The molecule has 11 aliphatic rings. The van der Waals surface area contributed by atoms with E-state index < -0.39 is 0 Å². The maximum absolute atomic E-state index is 3.51. The number of nitrogens with zero attached hydrogens (tertiary/aromatic N) is 1. The average molecular weight is 770 g/mol. The highest BCUT2D eigenvalue weighted by atomic mass is 32.2. The van der Waals surface area contributed by atoms with Gasteiger partial charge in [0.1, 0.15) is 0 Å². The molecule has 11 fully saturated rings. The van der Waals surface area contributed by atoms with Gasteiger partial charge >= 0.3 is 0 Å². The van der Waals surface area contributed by atoms with Crippen LogP contribution in [0.1, 0.15) is 218 Å². The molecule has 15 atom stereocenters. The monoisotopic (exact) mass is 770 g/mol. The standard InChI is InChI=1S/C53H87NS/c1-3-13-35(14-4-1)36-25-28-41(29-26-36)54(50-32-31-43(37-15-5-2-6-16-37)46-21-9-10-22-47(46)50)42-19-11-18-39(34-42)45-23-12-24-48-49-30-27-40-33-38-17-7-8-20-44(38)51(40)53(49)55-52(45)48/h35-53H,1-34H2. The Kier molecular flexibility index (Phi) is 11.8. The van der Waals surface area contributed by atoms with E-state index in [1.807, 2.05) is 0 Å². The fourth-order valence-electron chi connectivity index (χ4n) is 19.5. The highest BCUT2D eigenvalue weighted by molar-refractivity contribution is 8.00. The molecule has 0 bridgehead atoms. The predicted octanol–water partition coefficient (Wildman–Crippen LogP) is 14.9. The number of hydrogen-bond donors (Lipinski definition) is 0. The molecule has 0 aromatic heterocycles. The Morgan fingerprint density at radius 2 is 0.818 bits per heavy atom. The van der Waals surface area contributed by atoms with Gasteiger partial charge in [-0.3, -0.25) is 4.90 Å². The van der Waals surface area contributed by atoms with Crippen molar-refractivity contribution in [3.05, 3.63) is 0 Å². The van der Waals surface area contributed by atoms with Gasteiger partial charge in [-0.15, -0.1) is 0 Å². The van der Waals surface area contributed by atoms with Crippen LogP contribution >= 0.6 is 11.8 Å². The second-order valence-corrected chi connectivity index (χ2v) is 25.0. The summed E-state index contributed by atoms with van der Waals surface area (Å²) in [6.07, 6.45) is 53.7. The van der Waals surface area contributed by atoms with Crippen molar-refractivity contribution in [3.8, 4) is 0 Å². The highest BCUT2D eigenvalue weighted by Crippen LogP contribution is 2.66. The van der Waals surface area contributed by atoms with Crippen molar-refractivity contribution < 1.29 is 0 Å². The summed E-state index contributed by atoms with van der Waals surface area (Å²) in [5, 5.41) is 2.11. The van der Waals surface area contributed by atoms with Gasteiger partial charge < -0.3 is 0 Å². The lowest BCUT2D eigenvalue weighted by Crippen LogP contribution is -2.58. The van der Waals surface area contributed by atoms with Gasteiger partial charge in [0.2, 0.25) is 0 Å². The van der Waals surface area contributed by atoms with Crippen LogP contribution < -0.4 is 0 Å². The summed E-state index contributed by atoms with van der Waals surface area (Å²) >= 11 is 2.71. The second-order valence-electron chi connectivity index (χ2n) is 23.7. The number of fused-ring (bicyclic) bond motifs is 8. The first-order valence-corrected chi connectivity index (χ1v) is 27.7. The third kappa shape index (κ3) is 7.34. The molecule has 10 aliphatic carbocycles. The molecule has 11 rings (SSSR count). The lowest BCUT2D eigenvalue weighted by atomic mass is 9.57. The third-order valence-electron chi connectivity index (χ3n) is 21.6. The smallest absolute Gasteiger partial charge is 0.0132 e. The molecule has 15 unspecified atom stereocenters. The minimum absolute atomic E-state index is 0.921. The normalized spacial score (nSPS) is 51.1. The van der Waals surface area contributed by atoms with Gasteiger partial charge in [0.25, 0.3) is 0 Å². The Labute approximate surface area is 345 Å². The largest absolute Gasteiger partial charge is 0.294 e. The van der Waals surface area contributed by atoms with E-state index in [0.29, 0.717) is 0 Å². The van der Waals surface area contributed by atoms with Crippen LogP contribution in [-0.2, 0) is 0 Å². The van der Waals surface area contributed by atoms with E-state index in [1.165, 1.54) is 12.8 Å². The molecule has 0 radical (unpaired) electrons. The summed E-state index contributed by atoms with van der Waals surface area (Å²) in [6.45, 7) is 0. The van der Waals surface area contributed by atoms with Gasteiger partial charge in [-0.1, -0.05) is 116 Å². The SMILES string of the molecule is C1CCC(C2CCC(N(C3CCCC(C4CCCC5C6CCC7CC8CCCCC8C7C6SC45)C3)C3CCC(C4CCCCC4)C4CCCCC43)CC2)CC1. The Hall–Kier alpha value is 0.310.